The standard InChI is InChI=1S/C15H27N3OS/c1-4-19-13(12-8-6-5-7-9-12)14-17-15(20-18-14)16-10-11(2)3/h11-13H,4-10H2,1-3H3,(H,16,17,18). The normalized spacial score (nSPS) is 18.4. The van der Waals surface area contributed by atoms with Crippen LogP contribution in [-0.4, -0.2) is 22.5 Å². The van der Waals surface area contributed by atoms with Crippen molar-refractivity contribution in [1.82, 2.24) is 9.36 Å². The summed E-state index contributed by atoms with van der Waals surface area (Å²) in [6.45, 7) is 8.12. The van der Waals surface area contributed by atoms with Crippen LogP contribution in [0.3, 0.4) is 0 Å². The van der Waals surface area contributed by atoms with Gasteiger partial charge in [0.15, 0.2) is 5.82 Å². The minimum absolute atomic E-state index is 0.0890. The first-order valence-electron chi connectivity index (χ1n) is 7.89. The molecule has 2 rings (SSSR count). The molecule has 0 aromatic carbocycles. The van der Waals surface area contributed by atoms with E-state index in [4.69, 9.17) is 4.74 Å². The molecule has 1 aromatic heterocycles. The van der Waals surface area contributed by atoms with E-state index in [-0.39, 0.29) is 6.10 Å². The Kier molecular flexibility index (Phi) is 6.23. The van der Waals surface area contributed by atoms with Crippen LogP contribution in [0.4, 0.5) is 5.13 Å². The second kappa shape index (κ2) is 7.93. The van der Waals surface area contributed by atoms with Gasteiger partial charge in [-0.3, -0.25) is 0 Å². The van der Waals surface area contributed by atoms with E-state index in [1.165, 1.54) is 43.6 Å². The van der Waals surface area contributed by atoms with Gasteiger partial charge in [-0.15, -0.1) is 0 Å². The lowest BCUT2D eigenvalue weighted by Crippen LogP contribution is -2.20. The first-order chi connectivity index (χ1) is 9.70. The van der Waals surface area contributed by atoms with Gasteiger partial charge < -0.3 is 10.1 Å². The molecule has 1 aliphatic carbocycles. The number of ether oxygens (including phenoxy) is 1. The lowest BCUT2D eigenvalue weighted by Gasteiger charge is -2.28. The van der Waals surface area contributed by atoms with Crippen LogP contribution in [-0.2, 0) is 4.74 Å². The lowest BCUT2D eigenvalue weighted by atomic mass is 9.85. The molecule has 0 aliphatic heterocycles. The molecular formula is C15H27N3OS. The van der Waals surface area contributed by atoms with E-state index in [1.807, 2.05) is 0 Å². The molecule has 1 fully saturated rings. The number of hydrogen-bond donors (Lipinski definition) is 1. The van der Waals surface area contributed by atoms with E-state index in [0.717, 1.165) is 24.1 Å². The molecule has 1 aliphatic rings. The van der Waals surface area contributed by atoms with Gasteiger partial charge >= 0.3 is 0 Å². The fourth-order valence-electron chi connectivity index (χ4n) is 2.75. The van der Waals surface area contributed by atoms with Crippen LogP contribution in [0.15, 0.2) is 0 Å². The Morgan fingerprint density at radius 3 is 2.70 bits per heavy atom. The molecule has 4 nitrogen and oxygen atoms in total. The zero-order chi connectivity index (χ0) is 14.4. The molecule has 0 spiro atoms. The Morgan fingerprint density at radius 2 is 2.05 bits per heavy atom. The van der Waals surface area contributed by atoms with Crippen LogP contribution in [0.2, 0.25) is 0 Å². The van der Waals surface area contributed by atoms with Crippen molar-refractivity contribution in [1.29, 1.82) is 0 Å². The zero-order valence-electron chi connectivity index (χ0n) is 12.9. The summed E-state index contributed by atoms with van der Waals surface area (Å²) in [6.07, 6.45) is 6.58. The molecule has 0 saturated heterocycles. The van der Waals surface area contributed by atoms with Crippen molar-refractivity contribution < 1.29 is 4.74 Å². The smallest absolute Gasteiger partial charge is 0.202 e. The highest BCUT2D eigenvalue weighted by Gasteiger charge is 2.28. The molecule has 1 saturated carbocycles. The summed E-state index contributed by atoms with van der Waals surface area (Å²) in [5.74, 6) is 2.09. The SMILES string of the molecule is CCOC(c1nsc(NCC(C)C)n1)C1CCCCC1. The van der Waals surface area contributed by atoms with Crippen molar-refractivity contribution in [2.24, 2.45) is 11.8 Å². The molecule has 5 heteroatoms. The number of anilines is 1. The molecule has 0 amide bonds. The average molecular weight is 297 g/mol. The van der Waals surface area contributed by atoms with Gasteiger partial charge in [-0.25, -0.2) is 4.98 Å². The highest BCUT2D eigenvalue weighted by molar-refractivity contribution is 7.09. The van der Waals surface area contributed by atoms with Crippen LogP contribution < -0.4 is 5.32 Å². The van der Waals surface area contributed by atoms with Gasteiger partial charge in [0.05, 0.1) is 0 Å². The van der Waals surface area contributed by atoms with Crippen molar-refractivity contribution >= 4 is 16.7 Å². The van der Waals surface area contributed by atoms with Crippen molar-refractivity contribution in [3.8, 4) is 0 Å². The number of hydrogen-bond acceptors (Lipinski definition) is 5. The second-order valence-corrected chi connectivity index (χ2v) is 6.76. The molecule has 20 heavy (non-hydrogen) atoms. The van der Waals surface area contributed by atoms with Gasteiger partial charge in [0.1, 0.15) is 6.10 Å². The van der Waals surface area contributed by atoms with Gasteiger partial charge in [0.2, 0.25) is 5.13 Å². The first kappa shape index (κ1) is 15.7. The summed E-state index contributed by atoms with van der Waals surface area (Å²) in [5, 5.41) is 4.28. The number of aromatic nitrogens is 2. The molecule has 0 bridgehead atoms. The number of nitrogens with zero attached hydrogens (tertiary/aromatic N) is 2. The van der Waals surface area contributed by atoms with Gasteiger partial charge in [-0.2, -0.15) is 4.37 Å². The first-order valence-corrected chi connectivity index (χ1v) is 8.67. The van der Waals surface area contributed by atoms with Crippen LogP contribution in [0.5, 0.6) is 0 Å². The highest BCUT2D eigenvalue weighted by atomic mass is 32.1. The van der Waals surface area contributed by atoms with Gasteiger partial charge in [0.25, 0.3) is 0 Å². The molecule has 1 aromatic rings. The van der Waals surface area contributed by atoms with Gasteiger partial charge in [-0.1, -0.05) is 33.1 Å². The number of rotatable bonds is 7. The monoisotopic (exact) mass is 297 g/mol. The van der Waals surface area contributed by atoms with Gasteiger partial charge in [0, 0.05) is 24.7 Å². The minimum atomic E-state index is 0.0890. The predicted molar refractivity (Wildman–Crippen MR) is 84.2 cm³/mol. The van der Waals surface area contributed by atoms with E-state index in [9.17, 15) is 0 Å². The van der Waals surface area contributed by atoms with Crippen molar-refractivity contribution in [2.45, 2.75) is 59.0 Å². The topological polar surface area (TPSA) is 47.0 Å². The Hall–Kier alpha value is -0.680. The third-order valence-corrected chi connectivity index (χ3v) is 4.47. The fraction of sp³-hybridized carbons (Fsp3) is 0.867. The maximum Gasteiger partial charge on any atom is 0.202 e. The van der Waals surface area contributed by atoms with Crippen molar-refractivity contribution in [3.63, 3.8) is 0 Å². The second-order valence-electron chi connectivity index (χ2n) is 6.01. The molecular weight excluding hydrogens is 270 g/mol. The lowest BCUT2D eigenvalue weighted by molar-refractivity contribution is 0.000642. The average Bonchev–Trinajstić information content (AvgIpc) is 2.92. The molecule has 1 heterocycles. The third kappa shape index (κ3) is 4.42. The number of nitrogens with one attached hydrogen (secondary N) is 1. The maximum atomic E-state index is 5.96. The van der Waals surface area contributed by atoms with E-state index >= 15 is 0 Å². The van der Waals surface area contributed by atoms with Gasteiger partial charge in [-0.05, 0) is 31.6 Å². The summed E-state index contributed by atoms with van der Waals surface area (Å²) in [7, 11) is 0. The molecule has 1 atom stereocenters. The summed E-state index contributed by atoms with van der Waals surface area (Å²) < 4.78 is 10.5. The summed E-state index contributed by atoms with van der Waals surface area (Å²) in [5.41, 5.74) is 0. The van der Waals surface area contributed by atoms with Crippen LogP contribution in [0, 0.1) is 11.8 Å². The minimum Gasteiger partial charge on any atom is -0.370 e. The van der Waals surface area contributed by atoms with E-state index in [2.05, 4.69) is 35.4 Å². The Morgan fingerprint density at radius 1 is 1.30 bits per heavy atom. The van der Waals surface area contributed by atoms with Crippen molar-refractivity contribution in [3.05, 3.63) is 5.82 Å². The third-order valence-electron chi connectivity index (χ3n) is 3.78. The predicted octanol–water partition coefficient (Wildman–Crippen LogP) is 4.26. The molecule has 0 radical (unpaired) electrons. The molecule has 1 unspecified atom stereocenters. The van der Waals surface area contributed by atoms with E-state index in [0.29, 0.717) is 11.8 Å². The van der Waals surface area contributed by atoms with Crippen LogP contribution in [0.25, 0.3) is 0 Å². The zero-order valence-corrected chi connectivity index (χ0v) is 13.7. The summed E-state index contributed by atoms with van der Waals surface area (Å²) in [6, 6.07) is 0. The molecule has 1 N–H and O–H groups in total. The largest absolute Gasteiger partial charge is 0.370 e. The Labute approximate surface area is 126 Å². The Bertz CT molecular complexity index is 388. The fourth-order valence-corrected chi connectivity index (χ4v) is 3.36. The Balaban J connectivity index is 2.00. The molecule has 114 valence electrons. The van der Waals surface area contributed by atoms with Crippen LogP contribution >= 0.6 is 11.5 Å². The van der Waals surface area contributed by atoms with Crippen molar-refractivity contribution in [2.75, 3.05) is 18.5 Å². The van der Waals surface area contributed by atoms with Crippen LogP contribution in [0.1, 0.15) is 64.8 Å². The summed E-state index contributed by atoms with van der Waals surface area (Å²) >= 11 is 1.46. The van der Waals surface area contributed by atoms with E-state index in [1.54, 1.807) is 0 Å². The summed E-state index contributed by atoms with van der Waals surface area (Å²) in [4.78, 5) is 4.65. The quantitative estimate of drug-likeness (QED) is 0.816. The highest BCUT2D eigenvalue weighted by Crippen LogP contribution is 2.36. The maximum absolute atomic E-state index is 5.96. The van der Waals surface area contributed by atoms with E-state index < -0.39 is 0 Å².